The fourth-order valence-electron chi connectivity index (χ4n) is 4.34. The molecule has 1 atom stereocenters. The highest BCUT2D eigenvalue weighted by Crippen LogP contribution is 2.36. The molecular weight excluding hydrogens is 386 g/mol. The lowest BCUT2D eigenvalue weighted by Gasteiger charge is -2.21. The van der Waals surface area contributed by atoms with Crippen LogP contribution in [-0.2, 0) is 16.4 Å². The molecule has 0 fully saturated rings. The molecular formula is C22H23N3O3S. The molecule has 2 aliphatic rings. The zero-order valence-corrected chi connectivity index (χ0v) is 17.1. The van der Waals surface area contributed by atoms with Gasteiger partial charge in [0.05, 0.1) is 22.5 Å². The van der Waals surface area contributed by atoms with E-state index in [-0.39, 0.29) is 0 Å². The second kappa shape index (κ2) is 7.00. The van der Waals surface area contributed by atoms with Crippen LogP contribution in [0.4, 0.5) is 0 Å². The standard InChI is InChI=1S/C22H23N3O3S/c1-23-16-9-7-15(8-10-16)18-14-25(19-4-3-12-24-22(18)19)29(26,27)21-6-2-5-20-17(21)11-13-28-20/h2-7,12,14,16,23H,8-11,13H2,1H3. The van der Waals surface area contributed by atoms with Crippen molar-refractivity contribution in [1.29, 1.82) is 0 Å². The number of hydrogen-bond donors (Lipinski definition) is 1. The molecule has 0 bridgehead atoms. The summed E-state index contributed by atoms with van der Waals surface area (Å²) in [7, 11) is -1.79. The molecule has 5 rings (SSSR count). The van der Waals surface area contributed by atoms with Crippen LogP contribution in [0.15, 0.2) is 53.7 Å². The van der Waals surface area contributed by atoms with Gasteiger partial charge in [-0.3, -0.25) is 4.98 Å². The summed E-state index contributed by atoms with van der Waals surface area (Å²) in [5, 5.41) is 3.31. The van der Waals surface area contributed by atoms with Crippen LogP contribution in [0, 0.1) is 0 Å². The summed E-state index contributed by atoms with van der Waals surface area (Å²) in [6.45, 7) is 0.514. The maximum absolute atomic E-state index is 13.7. The summed E-state index contributed by atoms with van der Waals surface area (Å²) in [4.78, 5) is 4.84. The summed E-state index contributed by atoms with van der Waals surface area (Å²) in [5.74, 6) is 0.661. The van der Waals surface area contributed by atoms with E-state index in [0.717, 1.165) is 41.5 Å². The van der Waals surface area contributed by atoms with Gasteiger partial charge in [0.2, 0.25) is 0 Å². The first kappa shape index (κ1) is 18.4. The van der Waals surface area contributed by atoms with E-state index in [1.165, 1.54) is 3.97 Å². The van der Waals surface area contributed by atoms with Crippen molar-refractivity contribution in [2.45, 2.75) is 36.6 Å². The summed E-state index contributed by atoms with van der Waals surface area (Å²) in [6, 6.07) is 9.31. The van der Waals surface area contributed by atoms with Gasteiger partial charge in [0.15, 0.2) is 0 Å². The average molecular weight is 410 g/mol. The lowest BCUT2D eigenvalue weighted by molar-refractivity contribution is 0.357. The maximum atomic E-state index is 13.7. The number of benzene rings is 1. The number of aromatic nitrogens is 2. The zero-order chi connectivity index (χ0) is 20.0. The first-order valence-corrected chi connectivity index (χ1v) is 11.4. The van der Waals surface area contributed by atoms with Crippen LogP contribution in [0.5, 0.6) is 5.75 Å². The molecule has 0 saturated carbocycles. The molecule has 2 aromatic heterocycles. The van der Waals surface area contributed by atoms with Gasteiger partial charge in [0.25, 0.3) is 10.0 Å². The molecule has 150 valence electrons. The number of fused-ring (bicyclic) bond motifs is 2. The number of nitrogens with one attached hydrogen (secondary N) is 1. The Balaban J connectivity index is 1.67. The predicted molar refractivity (Wildman–Crippen MR) is 113 cm³/mol. The fraction of sp³-hybridized carbons (Fsp3) is 0.318. The zero-order valence-electron chi connectivity index (χ0n) is 16.3. The Morgan fingerprint density at radius 1 is 1.21 bits per heavy atom. The van der Waals surface area contributed by atoms with Crippen molar-refractivity contribution in [3.8, 4) is 5.75 Å². The molecule has 7 heteroatoms. The van der Waals surface area contributed by atoms with E-state index in [1.807, 2.05) is 19.2 Å². The summed E-state index contributed by atoms with van der Waals surface area (Å²) >= 11 is 0. The van der Waals surface area contributed by atoms with Crippen LogP contribution in [-0.4, -0.2) is 37.1 Å². The van der Waals surface area contributed by atoms with Crippen molar-refractivity contribution >= 4 is 26.6 Å². The minimum Gasteiger partial charge on any atom is -0.493 e. The van der Waals surface area contributed by atoms with Crippen LogP contribution in [0.3, 0.4) is 0 Å². The van der Waals surface area contributed by atoms with Crippen LogP contribution in [0.25, 0.3) is 16.6 Å². The van der Waals surface area contributed by atoms with E-state index >= 15 is 0 Å². The van der Waals surface area contributed by atoms with Crippen molar-refractivity contribution in [2.24, 2.45) is 0 Å². The quantitative estimate of drug-likeness (QED) is 0.715. The van der Waals surface area contributed by atoms with E-state index in [0.29, 0.717) is 35.2 Å². The Morgan fingerprint density at radius 2 is 2.10 bits per heavy atom. The van der Waals surface area contributed by atoms with Gasteiger partial charge >= 0.3 is 0 Å². The molecule has 29 heavy (non-hydrogen) atoms. The maximum Gasteiger partial charge on any atom is 0.268 e. The first-order valence-electron chi connectivity index (χ1n) is 9.92. The third-order valence-electron chi connectivity index (χ3n) is 5.93. The Bertz CT molecular complexity index is 1230. The molecule has 1 N–H and O–H groups in total. The van der Waals surface area contributed by atoms with Gasteiger partial charge in [-0.15, -0.1) is 0 Å². The van der Waals surface area contributed by atoms with Gasteiger partial charge < -0.3 is 10.1 Å². The number of rotatable bonds is 4. The van der Waals surface area contributed by atoms with Gasteiger partial charge in [-0.2, -0.15) is 0 Å². The number of nitrogens with zero attached hydrogens (tertiary/aromatic N) is 2. The molecule has 1 aliphatic carbocycles. The topological polar surface area (TPSA) is 73.2 Å². The van der Waals surface area contributed by atoms with E-state index in [2.05, 4.69) is 16.4 Å². The number of allylic oxidation sites excluding steroid dienone is 1. The predicted octanol–water partition coefficient (Wildman–Crippen LogP) is 3.36. The molecule has 3 heterocycles. The minimum absolute atomic E-state index is 0.313. The third kappa shape index (κ3) is 2.96. The number of hydrogen-bond acceptors (Lipinski definition) is 5. The number of ether oxygens (including phenoxy) is 1. The third-order valence-corrected chi connectivity index (χ3v) is 7.69. The normalized spacial score (nSPS) is 19.1. The number of pyridine rings is 1. The molecule has 0 amide bonds. The summed E-state index contributed by atoms with van der Waals surface area (Å²) in [6.07, 6.45) is 9.13. The Labute approximate surface area is 170 Å². The monoisotopic (exact) mass is 409 g/mol. The smallest absolute Gasteiger partial charge is 0.268 e. The molecule has 1 aromatic carbocycles. The Kier molecular flexibility index (Phi) is 4.44. The van der Waals surface area contributed by atoms with Crippen LogP contribution in [0.1, 0.15) is 30.4 Å². The molecule has 6 nitrogen and oxygen atoms in total. The molecule has 1 aliphatic heterocycles. The lowest BCUT2D eigenvalue weighted by atomic mass is 9.91. The highest BCUT2D eigenvalue weighted by molar-refractivity contribution is 7.90. The van der Waals surface area contributed by atoms with Crippen molar-refractivity contribution in [3.63, 3.8) is 0 Å². The largest absolute Gasteiger partial charge is 0.493 e. The summed E-state index contributed by atoms with van der Waals surface area (Å²) < 4.78 is 34.3. The lowest BCUT2D eigenvalue weighted by Crippen LogP contribution is -2.26. The van der Waals surface area contributed by atoms with Gasteiger partial charge in [0, 0.05) is 36.0 Å². The minimum atomic E-state index is -3.77. The second-order valence-corrected chi connectivity index (χ2v) is 9.32. The molecule has 0 saturated heterocycles. The molecule has 3 aromatic rings. The Hall–Kier alpha value is -2.64. The SMILES string of the molecule is CNC1CC=C(c2cn(S(=O)(=O)c3cccc4c3CCO4)c3cccnc23)CC1. The van der Waals surface area contributed by atoms with Crippen molar-refractivity contribution in [1.82, 2.24) is 14.3 Å². The van der Waals surface area contributed by atoms with Crippen molar-refractivity contribution in [3.05, 3.63) is 59.9 Å². The molecule has 0 radical (unpaired) electrons. The summed E-state index contributed by atoms with van der Waals surface area (Å²) in [5.41, 5.74) is 4.16. The van der Waals surface area contributed by atoms with Crippen LogP contribution in [0.2, 0.25) is 0 Å². The van der Waals surface area contributed by atoms with Gasteiger partial charge in [-0.25, -0.2) is 12.4 Å². The Morgan fingerprint density at radius 3 is 2.90 bits per heavy atom. The van der Waals surface area contributed by atoms with Crippen molar-refractivity contribution < 1.29 is 13.2 Å². The van der Waals surface area contributed by atoms with Crippen molar-refractivity contribution in [2.75, 3.05) is 13.7 Å². The van der Waals surface area contributed by atoms with Crippen LogP contribution < -0.4 is 10.1 Å². The molecule has 0 spiro atoms. The van der Waals surface area contributed by atoms with Gasteiger partial charge in [-0.1, -0.05) is 12.1 Å². The highest BCUT2D eigenvalue weighted by atomic mass is 32.2. The van der Waals surface area contributed by atoms with E-state index < -0.39 is 10.0 Å². The van der Waals surface area contributed by atoms with E-state index in [1.54, 1.807) is 30.6 Å². The van der Waals surface area contributed by atoms with Gasteiger partial charge in [-0.05, 0) is 56.1 Å². The molecule has 1 unspecified atom stereocenters. The van der Waals surface area contributed by atoms with E-state index in [4.69, 9.17) is 4.74 Å². The van der Waals surface area contributed by atoms with E-state index in [9.17, 15) is 8.42 Å². The fourth-order valence-corrected chi connectivity index (χ4v) is 5.97. The second-order valence-electron chi connectivity index (χ2n) is 7.54. The average Bonchev–Trinajstić information content (AvgIpc) is 3.38. The first-order chi connectivity index (χ1) is 14.1. The highest BCUT2D eigenvalue weighted by Gasteiger charge is 2.29. The van der Waals surface area contributed by atoms with Crippen LogP contribution >= 0.6 is 0 Å². The van der Waals surface area contributed by atoms with Gasteiger partial charge in [0.1, 0.15) is 5.75 Å².